The molecule has 1 amide bonds. The number of nitro benzene ring substituents is 1. The molecule has 28 heavy (non-hydrogen) atoms. The van der Waals surface area contributed by atoms with E-state index in [0.717, 1.165) is 6.07 Å². The molecule has 2 aromatic carbocycles. The van der Waals surface area contributed by atoms with Gasteiger partial charge in [0.1, 0.15) is 30.5 Å². The highest BCUT2D eigenvalue weighted by atomic mass is 35.5. The highest BCUT2D eigenvalue weighted by molar-refractivity contribution is 6.35. The van der Waals surface area contributed by atoms with Crippen LogP contribution in [-0.2, 0) is 4.79 Å². The van der Waals surface area contributed by atoms with Crippen LogP contribution in [0.2, 0.25) is 10.0 Å². The minimum atomic E-state index is -0.840. The van der Waals surface area contributed by atoms with Crippen molar-refractivity contribution < 1.29 is 19.2 Å². The second kappa shape index (κ2) is 8.17. The Morgan fingerprint density at radius 2 is 1.89 bits per heavy atom. The van der Waals surface area contributed by atoms with Crippen molar-refractivity contribution in [1.29, 1.82) is 5.26 Å². The second-order valence-electron chi connectivity index (χ2n) is 5.56. The smallest absolute Gasteiger partial charge is 0.296 e. The SMILES string of the molecule is N#C/C(=C\c1ccc(Cl)cc1Cl)C(=O)Nc1cc2c(cc1[N+](=O)[O-])OCCO2. The maximum Gasteiger partial charge on any atom is 0.296 e. The molecule has 1 N–H and O–H groups in total. The van der Waals surface area contributed by atoms with Gasteiger partial charge in [-0.2, -0.15) is 5.26 Å². The number of ether oxygens (including phenoxy) is 2. The lowest BCUT2D eigenvalue weighted by molar-refractivity contribution is -0.384. The van der Waals surface area contributed by atoms with Gasteiger partial charge in [-0.3, -0.25) is 14.9 Å². The molecular formula is C18H11Cl2N3O5. The number of carbonyl (C=O) groups is 1. The van der Waals surface area contributed by atoms with Crippen molar-refractivity contribution in [3.05, 3.63) is 61.6 Å². The predicted molar refractivity (Wildman–Crippen MR) is 103 cm³/mol. The Morgan fingerprint density at radius 1 is 1.21 bits per heavy atom. The fraction of sp³-hybridized carbons (Fsp3) is 0.111. The summed E-state index contributed by atoms with van der Waals surface area (Å²) in [6, 6.07) is 8.77. The zero-order valence-electron chi connectivity index (χ0n) is 14.1. The Labute approximate surface area is 169 Å². The van der Waals surface area contributed by atoms with Crippen LogP contribution in [0.1, 0.15) is 5.56 Å². The molecule has 0 atom stereocenters. The number of hydrogen-bond acceptors (Lipinski definition) is 6. The van der Waals surface area contributed by atoms with Gasteiger partial charge < -0.3 is 14.8 Å². The summed E-state index contributed by atoms with van der Waals surface area (Å²) in [6.45, 7) is 0.537. The van der Waals surface area contributed by atoms with Crippen LogP contribution in [0.4, 0.5) is 11.4 Å². The maximum atomic E-state index is 12.5. The first-order chi connectivity index (χ1) is 13.4. The zero-order chi connectivity index (χ0) is 20.3. The number of nitro groups is 1. The van der Waals surface area contributed by atoms with Crippen molar-refractivity contribution in [2.45, 2.75) is 0 Å². The fourth-order valence-corrected chi connectivity index (χ4v) is 2.90. The van der Waals surface area contributed by atoms with Crippen molar-refractivity contribution >= 4 is 46.6 Å². The van der Waals surface area contributed by atoms with E-state index in [-0.39, 0.29) is 46.7 Å². The van der Waals surface area contributed by atoms with Crippen LogP contribution in [0.3, 0.4) is 0 Å². The van der Waals surface area contributed by atoms with Crippen LogP contribution in [0.25, 0.3) is 6.08 Å². The molecule has 8 nitrogen and oxygen atoms in total. The summed E-state index contributed by atoms with van der Waals surface area (Å²) in [7, 11) is 0. The number of nitrogens with zero attached hydrogens (tertiary/aromatic N) is 2. The van der Waals surface area contributed by atoms with E-state index in [0.29, 0.717) is 10.6 Å². The molecule has 0 unspecified atom stereocenters. The summed E-state index contributed by atoms with van der Waals surface area (Å²) < 4.78 is 10.7. The normalized spacial score (nSPS) is 12.8. The van der Waals surface area contributed by atoms with Crippen molar-refractivity contribution in [3.63, 3.8) is 0 Å². The Bertz CT molecular complexity index is 1050. The molecule has 1 aliphatic heterocycles. The average molecular weight is 420 g/mol. The zero-order valence-corrected chi connectivity index (χ0v) is 15.6. The topological polar surface area (TPSA) is 114 Å². The van der Waals surface area contributed by atoms with Gasteiger partial charge >= 0.3 is 0 Å². The van der Waals surface area contributed by atoms with Gasteiger partial charge in [0.25, 0.3) is 11.6 Å². The van der Waals surface area contributed by atoms with Crippen molar-refractivity contribution in [2.75, 3.05) is 18.5 Å². The number of fused-ring (bicyclic) bond motifs is 1. The number of nitrogens with one attached hydrogen (secondary N) is 1. The van der Waals surface area contributed by atoms with E-state index >= 15 is 0 Å². The van der Waals surface area contributed by atoms with Gasteiger partial charge in [0.15, 0.2) is 11.5 Å². The number of benzene rings is 2. The quantitative estimate of drug-likeness (QED) is 0.343. The number of nitriles is 1. The number of carbonyl (C=O) groups excluding carboxylic acids is 1. The lowest BCUT2D eigenvalue weighted by Gasteiger charge is -2.19. The van der Waals surface area contributed by atoms with Gasteiger partial charge in [-0.15, -0.1) is 0 Å². The molecule has 0 radical (unpaired) electrons. The summed E-state index contributed by atoms with van der Waals surface area (Å²) in [6.07, 6.45) is 1.26. The summed E-state index contributed by atoms with van der Waals surface area (Å²) in [5.41, 5.74) is -0.412. The van der Waals surface area contributed by atoms with E-state index in [1.165, 1.54) is 18.2 Å². The monoisotopic (exact) mass is 419 g/mol. The average Bonchev–Trinajstić information content (AvgIpc) is 2.66. The number of halogens is 2. The summed E-state index contributed by atoms with van der Waals surface area (Å²) in [5.74, 6) is -0.372. The lowest BCUT2D eigenvalue weighted by Crippen LogP contribution is -2.18. The first-order valence-electron chi connectivity index (χ1n) is 7.85. The number of rotatable bonds is 4. The molecule has 0 aromatic heterocycles. The third-order valence-electron chi connectivity index (χ3n) is 3.73. The third-order valence-corrected chi connectivity index (χ3v) is 4.30. The van der Waals surface area contributed by atoms with E-state index < -0.39 is 10.8 Å². The first-order valence-corrected chi connectivity index (χ1v) is 8.61. The van der Waals surface area contributed by atoms with Gasteiger partial charge in [0.2, 0.25) is 0 Å². The fourth-order valence-electron chi connectivity index (χ4n) is 2.44. The van der Waals surface area contributed by atoms with E-state index in [2.05, 4.69) is 5.32 Å². The van der Waals surface area contributed by atoms with Gasteiger partial charge in [0.05, 0.1) is 11.0 Å². The minimum absolute atomic E-state index is 0.123. The molecule has 0 saturated carbocycles. The molecule has 0 aliphatic carbocycles. The molecule has 10 heteroatoms. The van der Waals surface area contributed by atoms with Crippen LogP contribution in [0.15, 0.2) is 35.9 Å². The van der Waals surface area contributed by atoms with Crippen LogP contribution >= 0.6 is 23.2 Å². The summed E-state index contributed by atoms with van der Waals surface area (Å²) in [4.78, 5) is 23.2. The molecule has 0 spiro atoms. The number of hydrogen-bond donors (Lipinski definition) is 1. The molecule has 2 aromatic rings. The van der Waals surface area contributed by atoms with E-state index in [1.54, 1.807) is 18.2 Å². The maximum absolute atomic E-state index is 12.5. The van der Waals surface area contributed by atoms with Crippen LogP contribution in [0, 0.1) is 21.4 Å². The van der Waals surface area contributed by atoms with E-state index in [4.69, 9.17) is 32.7 Å². The van der Waals surface area contributed by atoms with E-state index in [9.17, 15) is 20.2 Å². The van der Waals surface area contributed by atoms with Crippen molar-refractivity contribution in [1.82, 2.24) is 0 Å². The molecule has 142 valence electrons. The highest BCUT2D eigenvalue weighted by Gasteiger charge is 2.24. The molecular weight excluding hydrogens is 409 g/mol. The standard InChI is InChI=1S/C18H11Cl2N3O5/c19-12-2-1-10(13(20)6-12)5-11(9-21)18(24)22-14-7-16-17(28-4-3-27-16)8-15(14)23(25)26/h1-2,5-8H,3-4H2,(H,22,24)/b11-5+. The predicted octanol–water partition coefficient (Wildman–Crippen LogP) is 4.22. The molecule has 1 aliphatic rings. The Hall–Kier alpha value is -3.28. The molecule has 3 rings (SSSR count). The molecule has 0 fully saturated rings. The largest absolute Gasteiger partial charge is 0.486 e. The van der Waals surface area contributed by atoms with Crippen molar-refractivity contribution in [3.8, 4) is 17.6 Å². The first kappa shape index (κ1) is 19.5. The summed E-state index contributed by atoms with van der Waals surface area (Å²) >= 11 is 11.9. The number of anilines is 1. The van der Waals surface area contributed by atoms with E-state index in [1.807, 2.05) is 0 Å². The Kier molecular flexibility index (Phi) is 5.68. The molecule has 0 bridgehead atoms. The second-order valence-corrected chi connectivity index (χ2v) is 6.40. The van der Waals surface area contributed by atoms with Crippen molar-refractivity contribution in [2.24, 2.45) is 0 Å². The minimum Gasteiger partial charge on any atom is -0.486 e. The van der Waals surface area contributed by atoms with Crippen LogP contribution in [-0.4, -0.2) is 24.0 Å². The van der Waals surface area contributed by atoms with Crippen LogP contribution in [0.5, 0.6) is 11.5 Å². The van der Waals surface area contributed by atoms with Gasteiger partial charge in [-0.25, -0.2) is 0 Å². The van der Waals surface area contributed by atoms with Gasteiger partial charge in [0, 0.05) is 16.1 Å². The van der Waals surface area contributed by atoms with Gasteiger partial charge in [-0.05, 0) is 23.8 Å². The Balaban J connectivity index is 1.93. The third kappa shape index (κ3) is 4.17. The summed E-state index contributed by atoms with van der Waals surface area (Å²) in [5, 5.41) is 23.7. The van der Waals surface area contributed by atoms with Gasteiger partial charge in [-0.1, -0.05) is 29.3 Å². The molecule has 0 saturated heterocycles. The highest BCUT2D eigenvalue weighted by Crippen LogP contribution is 2.39. The molecule has 1 heterocycles. The van der Waals surface area contributed by atoms with Crippen LogP contribution < -0.4 is 14.8 Å². The number of amides is 1. The Morgan fingerprint density at radius 3 is 2.50 bits per heavy atom. The lowest BCUT2D eigenvalue weighted by atomic mass is 10.1.